The lowest BCUT2D eigenvalue weighted by Crippen LogP contribution is -2.51. The second kappa shape index (κ2) is 7.55. The van der Waals surface area contributed by atoms with Gasteiger partial charge in [-0.05, 0) is 105 Å². The van der Waals surface area contributed by atoms with E-state index in [0.717, 1.165) is 17.6 Å². The maximum absolute atomic E-state index is 6.11. The Hall–Kier alpha value is -1.80. The van der Waals surface area contributed by atoms with E-state index in [9.17, 15) is 0 Å². The van der Waals surface area contributed by atoms with Gasteiger partial charge in [0.15, 0.2) is 0 Å². The highest BCUT2D eigenvalue weighted by molar-refractivity contribution is 5.44. The Kier molecular flexibility index (Phi) is 4.92. The summed E-state index contributed by atoms with van der Waals surface area (Å²) in [6.07, 6.45) is 12.1. The summed E-state index contributed by atoms with van der Waals surface area (Å²) < 4.78 is 0. The quantitative estimate of drug-likeness (QED) is 0.715. The van der Waals surface area contributed by atoms with E-state index in [0.29, 0.717) is 5.41 Å². The van der Waals surface area contributed by atoms with Crippen LogP contribution in [0.2, 0.25) is 0 Å². The standard InChI is InChI=1S/C26H34N2/c27-24-10-3-9-23(18-24)26-12-4-11-25(19-26)28(15-13-26)14-5-6-20-16-21-7-1-2-8-22(21)17-20/h1-3,7-10,18,20,25H,4-6,11-17,19,27H2. The molecule has 5 rings (SSSR count). The van der Waals surface area contributed by atoms with Crippen LogP contribution in [-0.2, 0) is 18.3 Å². The van der Waals surface area contributed by atoms with E-state index in [1.165, 1.54) is 76.4 Å². The van der Waals surface area contributed by atoms with Gasteiger partial charge < -0.3 is 10.6 Å². The zero-order valence-corrected chi connectivity index (χ0v) is 17.1. The highest BCUT2D eigenvalue weighted by Gasteiger charge is 2.43. The number of fused-ring (bicyclic) bond motifs is 3. The van der Waals surface area contributed by atoms with Crippen molar-refractivity contribution in [2.24, 2.45) is 5.92 Å². The van der Waals surface area contributed by atoms with E-state index >= 15 is 0 Å². The molecule has 28 heavy (non-hydrogen) atoms. The highest BCUT2D eigenvalue weighted by atomic mass is 15.2. The van der Waals surface area contributed by atoms with Gasteiger partial charge in [-0.2, -0.15) is 0 Å². The van der Waals surface area contributed by atoms with Gasteiger partial charge in [0.2, 0.25) is 0 Å². The highest BCUT2D eigenvalue weighted by Crippen LogP contribution is 2.47. The SMILES string of the molecule is Nc1cccc(C23CCCC(C2)N(CCCC2Cc4ccccc4C2)CC3)c1. The van der Waals surface area contributed by atoms with Crippen LogP contribution >= 0.6 is 0 Å². The van der Waals surface area contributed by atoms with E-state index in [2.05, 4.69) is 47.4 Å². The van der Waals surface area contributed by atoms with Gasteiger partial charge >= 0.3 is 0 Å². The number of benzene rings is 2. The molecule has 2 unspecified atom stereocenters. The second-order valence-corrected chi connectivity index (χ2v) is 9.63. The Labute approximate surface area is 170 Å². The molecule has 2 fully saturated rings. The summed E-state index contributed by atoms with van der Waals surface area (Å²) >= 11 is 0. The minimum Gasteiger partial charge on any atom is -0.399 e. The molecule has 2 aromatic rings. The maximum Gasteiger partial charge on any atom is 0.0316 e. The molecule has 2 heteroatoms. The monoisotopic (exact) mass is 374 g/mol. The molecule has 1 aliphatic heterocycles. The average molecular weight is 375 g/mol. The maximum atomic E-state index is 6.11. The molecule has 2 nitrogen and oxygen atoms in total. The fraction of sp³-hybridized carbons (Fsp3) is 0.538. The minimum absolute atomic E-state index is 0.391. The first-order chi connectivity index (χ1) is 13.7. The number of nitrogen functional groups attached to an aromatic ring is 1. The molecule has 148 valence electrons. The van der Waals surface area contributed by atoms with Crippen LogP contribution < -0.4 is 5.73 Å². The fourth-order valence-electron chi connectivity index (χ4n) is 6.42. The van der Waals surface area contributed by atoms with Crippen LogP contribution in [0, 0.1) is 5.92 Å². The van der Waals surface area contributed by atoms with Crippen molar-refractivity contribution in [2.45, 2.75) is 69.2 Å². The van der Waals surface area contributed by atoms with Gasteiger partial charge in [-0.15, -0.1) is 0 Å². The van der Waals surface area contributed by atoms with E-state index in [1.54, 1.807) is 11.1 Å². The lowest BCUT2D eigenvalue weighted by Gasteiger charge is -2.51. The van der Waals surface area contributed by atoms with Crippen LogP contribution in [0.25, 0.3) is 0 Å². The summed E-state index contributed by atoms with van der Waals surface area (Å²) in [5.74, 6) is 0.875. The van der Waals surface area contributed by atoms with Crippen molar-refractivity contribution in [3.05, 3.63) is 65.2 Å². The summed E-state index contributed by atoms with van der Waals surface area (Å²) in [4.78, 5) is 2.83. The Morgan fingerprint density at radius 1 is 1.00 bits per heavy atom. The van der Waals surface area contributed by atoms with Gasteiger partial charge in [0.25, 0.3) is 0 Å². The topological polar surface area (TPSA) is 29.3 Å². The van der Waals surface area contributed by atoms with E-state index in [4.69, 9.17) is 5.73 Å². The number of hydrogen-bond donors (Lipinski definition) is 1. The Bertz CT molecular complexity index is 804. The van der Waals surface area contributed by atoms with Crippen LogP contribution in [0.3, 0.4) is 0 Å². The van der Waals surface area contributed by atoms with Gasteiger partial charge in [-0.1, -0.05) is 42.8 Å². The Balaban J connectivity index is 1.17. The van der Waals surface area contributed by atoms with Crippen molar-refractivity contribution in [2.75, 3.05) is 18.8 Å². The molecule has 0 amide bonds. The number of hydrogen-bond acceptors (Lipinski definition) is 2. The molecule has 2 aromatic carbocycles. The van der Waals surface area contributed by atoms with Gasteiger partial charge in [-0.3, -0.25) is 0 Å². The largest absolute Gasteiger partial charge is 0.399 e. The first-order valence-corrected chi connectivity index (χ1v) is 11.4. The first kappa shape index (κ1) is 18.2. The van der Waals surface area contributed by atoms with Crippen molar-refractivity contribution in [1.82, 2.24) is 4.90 Å². The molecular formula is C26H34N2. The number of likely N-dealkylation sites (tertiary alicyclic amines) is 1. The lowest BCUT2D eigenvalue weighted by molar-refractivity contribution is 0.0497. The Morgan fingerprint density at radius 3 is 2.61 bits per heavy atom. The van der Waals surface area contributed by atoms with Crippen molar-refractivity contribution < 1.29 is 0 Å². The predicted molar refractivity (Wildman–Crippen MR) is 118 cm³/mol. The van der Waals surface area contributed by atoms with Crippen LogP contribution in [0.15, 0.2) is 48.5 Å². The number of nitrogens with zero attached hydrogens (tertiary/aromatic N) is 1. The third-order valence-electron chi connectivity index (χ3n) is 7.91. The van der Waals surface area contributed by atoms with Gasteiger partial charge in [0, 0.05) is 11.7 Å². The molecule has 2 aliphatic carbocycles. The van der Waals surface area contributed by atoms with Crippen molar-refractivity contribution in [3.8, 4) is 0 Å². The minimum atomic E-state index is 0.391. The van der Waals surface area contributed by atoms with Crippen LogP contribution in [0.4, 0.5) is 5.69 Å². The zero-order chi connectivity index (χ0) is 19.0. The van der Waals surface area contributed by atoms with Crippen molar-refractivity contribution >= 4 is 5.69 Å². The molecule has 0 aromatic heterocycles. The summed E-state index contributed by atoms with van der Waals surface area (Å²) in [5.41, 5.74) is 12.1. The summed E-state index contributed by atoms with van der Waals surface area (Å²) in [5, 5.41) is 0. The van der Waals surface area contributed by atoms with E-state index in [1.807, 2.05) is 6.07 Å². The summed E-state index contributed by atoms with van der Waals surface area (Å²) in [7, 11) is 0. The number of piperidine rings is 1. The molecule has 2 bridgehead atoms. The summed E-state index contributed by atoms with van der Waals surface area (Å²) in [6, 6.07) is 18.6. The molecule has 0 spiro atoms. The molecule has 1 heterocycles. The first-order valence-electron chi connectivity index (χ1n) is 11.4. The van der Waals surface area contributed by atoms with Gasteiger partial charge in [0.05, 0.1) is 0 Å². The van der Waals surface area contributed by atoms with Crippen molar-refractivity contribution in [1.29, 1.82) is 0 Å². The Morgan fingerprint density at radius 2 is 1.82 bits per heavy atom. The molecule has 2 N–H and O–H groups in total. The fourth-order valence-corrected chi connectivity index (χ4v) is 6.42. The zero-order valence-electron chi connectivity index (χ0n) is 17.1. The number of nitrogens with two attached hydrogens (primary N) is 1. The smallest absolute Gasteiger partial charge is 0.0316 e. The normalized spacial score (nSPS) is 27.6. The van der Waals surface area contributed by atoms with Crippen LogP contribution in [0.1, 0.15) is 61.6 Å². The third kappa shape index (κ3) is 3.48. The van der Waals surface area contributed by atoms with Crippen LogP contribution in [-0.4, -0.2) is 24.0 Å². The van der Waals surface area contributed by atoms with Crippen molar-refractivity contribution in [3.63, 3.8) is 0 Å². The molecular weight excluding hydrogens is 340 g/mol. The number of anilines is 1. The molecule has 1 saturated heterocycles. The van der Waals surface area contributed by atoms with Crippen LogP contribution in [0.5, 0.6) is 0 Å². The van der Waals surface area contributed by atoms with Gasteiger partial charge in [-0.25, -0.2) is 0 Å². The third-order valence-corrected chi connectivity index (χ3v) is 7.91. The van der Waals surface area contributed by atoms with Gasteiger partial charge in [0.1, 0.15) is 0 Å². The lowest BCUT2D eigenvalue weighted by atomic mass is 9.63. The average Bonchev–Trinajstić information content (AvgIpc) is 3.13. The second-order valence-electron chi connectivity index (χ2n) is 9.63. The molecule has 2 atom stereocenters. The predicted octanol–water partition coefficient (Wildman–Crippen LogP) is 5.35. The molecule has 0 radical (unpaired) electrons. The van der Waals surface area contributed by atoms with E-state index in [-0.39, 0.29) is 0 Å². The summed E-state index contributed by atoms with van der Waals surface area (Å²) in [6.45, 7) is 2.56. The van der Waals surface area contributed by atoms with E-state index < -0.39 is 0 Å². The molecule has 1 saturated carbocycles. The molecule has 3 aliphatic rings. The number of rotatable bonds is 5.